The molecule has 0 saturated carbocycles. The molecule has 4 aromatic heterocycles. The predicted octanol–water partition coefficient (Wildman–Crippen LogP) is 2.84. The van der Waals surface area contributed by atoms with Gasteiger partial charge in [-0.2, -0.15) is 5.10 Å². The Bertz CT molecular complexity index is 1090. The highest BCUT2D eigenvalue weighted by atomic mass is 16.3. The number of hydrogen-bond donors (Lipinski definition) is 2. The second kappa shape index (κ2) is 8.15. The highest BCUT2D eigenvalue weighted by molar-refractivity contribution is 5.65. The third kappa shape index (κ3) is 4.44. The summed E-state index contributed by atoms with van der Waals surface area (Å²) < 4.78 is 1.73. The van der Waals surface area contributed by atoms with Gasteiger partial charge in [0.15, 0.2) is 0 Å². The summed E-state index contributed by atoms with van der Waals surface area (Å²) in [5.41, 5.74) is 5.73. The minimum atomic E-state index is -0.834. The summed E-state index contributed by atoms with van der Waals surface area (Å²) in [6, 6.07) is 7.69. The number of aromatic nitrogens is 6. The van der Waals surface area contributed by atoms with E-state index in [0.29, 0.717) is 12.4 Å². The molecule has 0 saturated heterocycles. The molecule has 0 radical (unpaired) electrons. The van der Waals surface area contributed by atoms with Crippen molar-refractivity contribution < 1.29 is 5.11 Å². The lowest BCUT2D eigenvalue weighted by Crippen LogP contribution is -2.25. The lowest BCUT2D eigenvalue weighted by molar-refractivity contribution is 0.176. The van der Waals surface area contributed by atoms with Gasteiger partial charge in [0.25, 0.3) is 0 Å². The molecule has 8 nitrogen and oxygen atoms in total. The first kappa shape index (κ1) is 18.7. The molecule has 4 heterocycles. The summed E-state index contributed by atoms with van der Waals surface area (Å²) in [4.78, 5) is 16.6. The Balaban J connectivity index is 1.42. The van der Waals surface area contributed by atoms with Crippen LogP contribution in [0.4, 0.5) is 5.82 Å². The van der Waals surface area contributed by atoms with Crippen LogP contribution in [-0.2, 0) is 6.54 Å². The second-order valence-electron chi connectivity index (χ2n) is 6.76. The zero-order valence-corrected chi connectivity index (χ0v) is 16.2. The lowest BCUT2D eigenvalue weighted by atomic mass is 10.1. The Hall–Kier alpha value is -3.65. The number of nitrogens with one attached hydrogen (secondary N) is 1. The van der Waals surface area contributed by atoms with Crippen LogP contribution in [0.3, 0.4) is 0 Å². The van der Waals surface area contributed by atoms with Crippen molar-refractivity contribution in [1.29, 1.82) is 0 Å². The molecule has 0 spiro atoms. The van der Waals surface area contributed by atoms with Crippen molar-refractivity contribution in [3.63, 3.8) is 0 Å². The molecule has 146 valence electrons. The number of aryl methyl sites for hydroxylation is 2. The maximum Gasteiger partial charge on any atom is 0.145 e. The maximum atomic E-state index is 10.4. The van der Waals surface area contributed by atoms with Gasteiger partial charge in [-0.15, -0.1) is 0 Å². The SMILES string of the molecule is Cc1cc(-c2cn(CC(O)Nc3ccc(-c4cncnc4)cn3)nc2C)ccn1. The average molecular weight is 387 g/mol. The molecule has 0 aromatic carbocycles. The number of hydrogen-bond acceptors (Lipinski definition) is 7. The Morgan fingerprint density at radius 1 is 1.00 bits per heavy atom. The van der Waals surface area contributed by atoms with Gasteiger partial charge in [-0.25, -0.2) is 15.0 Å². The number of aliphatic hydroxyl groups is 1. The summed E-state index contributed by atoms with van der Waals surface area (Å²) >= 11 is 0. The van der Waals surface area contributed by atoms with Crippen LogP contribution in [0.2, 0.25) is 0 Å². The first-order valence-electron chi connectivity index (χ1n) is 9.21. The monoisotopic (exact) mass is 387 g/mol. The van der Waals surface area contributed by atoms with Gasteiger partial charge in [-0.1, -0.05) is 0 Å². The quantitative estimate of drug-likeness (QED) is 0.491. The highest BCUT2D eigenvalue weighted by Gasteiger charge is 2.12. The van der Waals surface area contributed by atoms with E-state index in [1.54, 1.807) is 29.5 Å². The molecule has 0 fully saturated rings. The van der Waals surface area contributed by atoms with Crippen LogP contribution in [0.5, 0.6) is 0 Å². The Kier molecular flexibility index (Phi) is 5.26. The van der Waals surface area contributed by atoms with Gasteiger partial charge >= 0.3 is 0 Å². The molecule has 0 aliphatic heterocycles. The second-order valence-corrected chi connectivity index (χ2v) is 6.76. The van der Waals surface area contributed by atoms with Crippen molar-refractivity contribution in [3.8, 4) is 22.3 Å². The molecular formula is C21H21N7O. The van der Waals surface area contributed by atoms with E-state index in [9.17, 15) is 5.11 Å². The molecule has 4 rings (SSSR count). The van der Waals surface area contributed by atoms with Crippen LogP contribution in [0.25, 0.3) is 22.3 Å². The Morgan fingerprint density at radius 3 is 2.55 bits per heavy atom. The van der Waals surface area contributed by atoms with Crippen molar-refractivity contribution in [2.45, 2.75) is 26.6 Å². The van der Waals surface area contributed by atoms with Crippen LogP contribution in [0.15, 0.2) is 61.6 Å². The fraction of sp³-hybridized carbons (Fsp3) is 0.190. The van der Waals surface area contributed by atoms with Crippen LogP contribution < -0.4 is 5.32 Å². The normalized spacial score (nSPS) is 12.0. The van der Waals surface area contributed by atoms with E-state index >= 15 is 0 Å². The van der Waals surface area contributed by atoms with E-state index in [1.807, 2.05) is 44.3 Å². The van der Waals surface area contributed by atoms with E-state index in [-0.39, 0.29) is 0 Å². The number of pyridine rings is 2. The fourth-order valence-electron chi connectivity index (χ4n) is 3.10. The maximum absolute atomic E-state index is 10.4. The zero-order chi connectivity index (χ0) is 20.2. The molecule has 0 aliphatic rings. The van der Waals surface area contributed by atoms with Crippen LogP contribution >= 0.6 is 0 Å². The number of anilines is 1. The van der Waals surface area contributed by atoms with Gasteiger partial charge in [0.1, 0.15) is 18.4 Å². The lowest BCUT2D eigenvalue weighted by Gasteiger charge is -2.13. The van der Waals surface area contributed by atoms with Crippen molar-refractivity contribution in [3.05, 3.63) is 73.0 Å². The third-order valence-electron chi connectivity index (χ3n) is 4.49. The van der Waals surface area contributed by atoms with Crippen molar-refractivity contribution in [1.82, 2.24) is 29.7 Å². The number of aliphatic hydroxyl groups excluding tert-OH is 1. The Morgan fingerprint density at radius 2 is 1.83 bits per heavy atom. The smallest absolute Gasteiger partial charge is 0.145 e. The molecule has 0 bridgehead atoms. The zero-order valence-electron chi connectivity index (χ0n) is 16.2. The molecule has 4 aromatic rings. The molecular weight excluding hydrogens is 366 g/mol. The molecule has 29 heavy (non-hydrogen) atoms. The average Bonchev–Trinajstić information content (AvgIpc) is 3.09. The van der Waals surface area contributed by atoms with E-state index in [4.69, 9.17) is 0 Å². The van der Waals surface area contributed by atoms with Gasteiger partial charge in [0.05, 0.1) is 12.2 Å². The standard InChI is InChI=1S/C21H21N7O/c1-14-7-16(5-6-24-14)19-11-28(27-15(19)2)12-21(29)26-20-4-3-17(10-25-20)18-8-22-13-23-9-18/h3-11,13,21,29H,12H2,1-2H3,(H,25,26). The van der Waals surface area contributed by atoms with Crippen LogP contribution in [0.1, 0.15) is 11.4 Å². The van der Waals surface area contributed by atoms with Crippen LogP contribution in [-0.4, -0.2) is 41.1 Å². The number of rotatable bonds is 6. The third-order valence-corrected chi connectivity index (χ3v) is 4.49. The summed E-state index contributed by atoms with van der Waals surface area (Å²) in [5, 5.41) is 17.9. The molecule has 8 heteroatoms. The number of nitrogens with zero attached hydrogens (tertiary/aromatic N) is 6. The molecule has 1 unspecified atom stereocenters. The first-order valence-corrected chi connectivity index (χ1v) is 9.21. The van der Waals surface area contributed by atoms with E-state index in [1.165, 1.54) is 6.33 Å². The van der Waals surface area contributed by atoms with Crippen molar-refractivity contribution in [2.24, 2.45) is 0 Å². The molecule has 0 aliphatic carbocycles. The van der Waals surface area contributed by atoms with Gasteiger partial charge in [-0.05, 0) is 43.7 Å². The van der Waals surface area contributed by atoms with Crippen molar-refractivity contribution in [2.75, 3.05) is 5.32 Å². The van der Waals surface area contributed by atoms with Crippen molar-refractivity contribution >= 4 is 5.82 Å². The van der Waals surface area contributed by atoms with Gasteiger partial charge in [0, 0.05) is 53.4 Å². The molecule has 2 N–H and O–H groups in total. The summed E-state index contributed by atoms with van der Waals surface area (Å²) in [5.74, 6) is 0.576. The Labute approximate surface area is 168 Å². The van der Waals surface area contributed by atoms with Crippen LogP contribution in [0, 0.1) is 13.8 Å². The summed E-state index contributed by atoms with van der Waals surface area (Å²) in [7, 11) is 0. The molecule has 1 atom stereocenters. The summed E-state index contributed by atoms with van der Waals surface area (Å²) in [6.07, 6.45) is 9.55. The first-order chi connectivity index (χ1) is 14.1. The largest absolute Gasteiger partial charge is 0.372 e. The van der Waals surface area contributed by atoms with E-state index in [2.05, 4.69) is 30.4 Å². The van der Waals surface area contributed by atoms with Gasteiger partial charge in [-0.3, -0.25) is 9.67 Å². The topological polar surface area (TPSA) is 102 Å². The van der Waals surface area contributed by atoms with Gasteiger partial charge < -0.3 is 10.4 Å². The summed E-state index contributed by atoms with van der Waals surface area (Å²) in [6.45, 7) is 4.20. The predicted molar refractivity (Wildman–Crippen MR) is 110 cm³/mol. The molecule has 0 amide bonds. The van der Waals surface area contributed by atoms with Gasteiger partial charge in [0.2, 0.25) is 0 Å². The minimum absolute atomic E-state index is 0.293. The minimum Gasteiger partial charge on any atom is -0.372 e. The van der Waals surface area contributed by atoms with E-state index < -0.39 is 6.23 Å². The highest BCUT2D eigenvalue weighted by Crippen LogP contribution is 2.23. The fourth-order valence-corrected chi connectivity index (χ4v) is 3.10. The van der Waals surface area contributed by atoms with E-state index in [0.717, 1.165) is 33.6 Å².